The first-order valence-corrected chi connectivity index (χ1v) is 10.8. The fourth-order valence-electron chi connectivity index (χ4n) is 4.70. The van der Waals surface area contributed by atoms with Crippen molar-refractivity contribution < 1.29 is 19.1 Å². The number of hydrogen-bond acceptors (Lipinski definition) is 6. The minimum absolute atomic E-state index is 0.264. The van der Waals surface area contributed by atoms with Crippen LogP contribution in [0.4, 0.5) is 5.69 Å². The molecule has 2 aliphatic heterocycles. The molecule has 4 atom stereocenters. The fourth-order valence-corrected chi connectivity index (χ4v) is 5.53. The zero-order valence-electron chi connectivity index (χ0n) is 16.5. The molecule has 0 aliphatic carbocycles. The lowest BCUT2D eigenvalue weighted by atomic mass is 9.77. The van der Waals surface area contributed by atoms with E-state index in [-0.39, 0.29) is 11.8 Å². The molecule has 2 aliphatic rings. The number of thiophene rings is 1. The van der Waals surface area contributed by atoms with E-state index in [2.05, 4.69) is 5.32 Å². The Hall–Kier alpha value is -2.51. The summed E-state index contributed by atoms with van der Waals surface area (Å²) >= 11 is 1.52. The van der Waals surface area contributed by atoms with Crippen LogP contribution in [0.5, 0.6) is 0 Å². The largest absolute Gasteiger partial charge is 0.468 e. The second kappa shape index (κ2) is 7.72. The number of nitrogens with zero attached hydrogens (tertiary/aromatic N) is 1. The van der Waals surface area contributed by atoms with Crippen molar-refractivity contribution in [1.82, 2.24) is 5.32 Å². The number of imide groups is 1. The number of rotatable bonds is 6. The zero-order valence-corrected chi connectivity index (χ0v) is 17.3. The molecule has 1 aromatic heterocycles. The van der Waals surface area contributed by atoms with Gasteiger partial charge in [-0.3, -0.25) is 19.7 Å². The molecule has 0 unspecified atom stereocenters. The Morgan fingerprint density at radius 2 is 1.93 bits per heavy atom. The Kier molecular flexibility index (Phi) is 5.27. The lowest BCUT2D eigenvalue weighted by molar-refractivity contribution is -0.152. The van der Waals surface area contributed by atoms with Crippen LogP contribution in [-0.4, -0.2) is 30.4 Å². The second-order valence-electron chi connectivity index (χ2n) is 7.55. The molecule has 1 aromatic carbocycles. The lowest BCUT2D eigenvalue weighted by Crippen LogP contribution is -2.56. The second-order valence-corrected chi connectivity index (χ2v) is 8.53. The Morgan fingerprint density at radius 3 is 2.55 bits per heavy atom. The quantitative estimate of drug-likeness (QED) is 0.582. The molecule has 6 nitrogen and oxygen atoms in total. The molecule has 0 spiro atoms. The summed E-state index contributed by atoms with van der Waals surface area (Å²) in [6, 6.07) is 12.4. The molecule has 3 heterocycles. The highest BCUT2D eigenvalue weighted by Crippen LogP contribution is 2.52. The molecule has 2 fully saturated rings. The summed E-state index contributed by atoms with van der Waals surface area (Å²) in [6.45, 7) is 2.03. The molecule has 7 heteroatoms. The standard InChI is InChI=1S/C22H24N2O4S/c1-3-4-12-22(21(27)28-2)17-16(18(23-22)15-11-8-13-29-15)19(25)24(20(17)26)14-9-6-5-7-10-14/h5-11,13,16-18,23H,3-4,12H2,1-2H3/t16-,17-,18-,22+/m0/s1. The van der Waals surface area contributed by atoms with Crippen LogP contribution in [0.3, 0.4) is 0 Å². The lowest BCUT2D eigenvalue weighted by Gasteiger charge is -2.32. The molecular formula is C22H24N2O4S. The first-order valence-electron chi connectivity index (χ1n) is 9.87. The molecule has 2 amide bonds. The number of esters is 1. The average molecular weight is 413 g/mol. The smallest absolute Gasteiger partial charge is 0.326 e. The van der Waals surface area contributed by atoms with Crippen LogP contribution in [0.25, 0.3) is 0 Å². The number of fused-ring (bicyclic) bond motifs is 1. The third-order valence-corrected chi connectivity index (χ3v) is 6.95. The highest BCUT2D eigenvalue weighted by Gasteiger charge is 2.68. The molecule has 0 saturated carbocycles. The third kappa shape index (κ3) is 3.00. The first kappa shape index (κ1) is 19.8. The number of unbranched alkanes of at least 4 members (excludes halogenated alkanes) is 1. The zero-order chi connectivity index (χ0) is 20.6. The fraction of sp³-hybridized carbons (Fsp3) is 0.409. The van der Waals surface area contributed by atoms with E-state index in [0.29, 0.717) is 12.1 Å². The maximum Gasteiger partial charge on any atom is 0.326 e. The van der Waals surface area contributed by atoms with E-state index in [1.807, 2.05) is 30.5 Å². The number of hydrogen-bond donors (Lipinski definition) is 1. The number of amides is 2. The Balaban J connectivity index is 1.84. The molecule has 0 radical (unpaired) electrons. The van der Waals surface area contributed by atoms with E-state index in [9.17, 15) is 14.4 Å². The van der Waals surface area contributed by atoms with E-state index in [1.165, 1.54) is 23.3 Å². The summed E-state index contributed by atoms with van der Waals surface area (Å²) in [6.07, 6.45) is 2.06. The minimum Gasteiger partial charge on any atom is -0.468 e. The molecule has 0 bridgehead atoms. The van der Waals surface area contributed by atoms with Crippen LogP contribution in [0, 0.1) is 11.8 Å². The number of carbonyl (C=O) groups is 3. The normalized spacial score (nSPS) is 28.6. The minimum atomic E-state index is -1.21. The third-order valence-electron chi connectivity index (χ3n) is 5.99. The van der Waals surface area contributed by atoms with E-state index >= 15 is 0 Å². The Morgan fingerprint density at radius 1 is 1.17 bits per heavy atom. The summed E-state index contributed by atoms with van der Waals surface area (Å²) in [5, 5.41) is 5.33. The van der Waals surface area contributed by atoms with Crippen molar-refractivity contribution in [2.24, 2.45) is 11.8 Å². The molecule has 29 heavy (non-hydrogen) atoms. The van der Waals surface area contributed by atoms with Crippen LogP contribution in [0.2, 0.25) is 0 Å². The van der Waals surface area contributed by atoms with Gasteiger partial charge in [-0.15, -0.1) is 11.3 Å². The van der Waals surface area contributed by atoms with Gasteiger partial charge in [0.15, 0.2) is 0 Å². The van der Waals surface area contributed by atoms with Gasteiger partial charge in [0, 0.05) is 4.88 Å². The number of anilines is 1. The molecule has 4 rings (SSSR count). The molecule has 1 N–H and O–H groups in total. The van der Waals surface area contributed by atoms with Gasteiger partial charge < -0.3 is 4.74 Å². The SMILES string of the molecule is CCCC[C@@]1(C(=O)OC)N[C@@H](c2cccs2)[C@H]2C(=O)N(c3ccccc3)C(=O)[C@H]21. The van der Waals surface area contributed by atoms with Crippen molar-refractivity contribution in [3.63, 3.8) is 0 Å². The average Bonchev–Trinajstić information content (AvgIpc) is 3.44. The summed E-state index contributed by atoms with van der Waals surface area (Å²) in [5.41, 5.74) is -0.670. The van der Waals surface area contributed by atoms with Crippen LogP contribution >= 0.6 is 11.3 Å². The molecular weight excluding hydrogens is 388 g/mol. The number of benzene rings is 1. The highest BCUT2D eigenvalue weighted by molar-refractivity contribution is 7.10. The van der Waals surface area contributed by atoms with E-state index < -0.39 is 29.4 Å². The number of methoxy groups -OCH3 is 1. The summed E-state index contributed by atoms with van der Waals surface area (Å²) in [7, 11) is 1.33. The van der Waals surface area contributed by atoms with Gasteiger partial charge in [-0.05, 0) is 30.0 Å². The van der Waals surface area contributed by atoms with Crippen molar-refractivity contribution in [3.05, 3.63) is 52.7 Å². The predicted molar refractivity (Wildman–Crippen MR) is 110 cm³/mol. The van der Waals surface area contributed by atoms with Crippen LogP contribution < -0.4 is 10.2 Å². The molecule has 2 saturated heterocycles. The van der Waals surface area contributed by atoms with Crippen molar-refractivity contribution >= 4 is 34.8 Å². The number of ether oxygens (including phenoxy) is 1. The summed E-state index contributed by atoms with van der Waals surface area (Å²) in [4.78, 5) is 42.3. The Bertz CT molecular complexity index is 914. The monoisotopic (exact) mass is 412 g/mol. The van der Waals surface area contributed by atoms with Crippen LogP contribution in [0.15, 0.2) is 47.8 Å². The van der Waals surface area contributed by atoms with Gasteiger partial charge in [0.25, 0.3) is 0 Å². The van der Waals surface area contributed by atoms with Crippen molar-refractivity contribution in [1.29, 1.82) is 0 Å². The molecule has 2 aromatic rings. The number of nitrogens with one attached hydrogen (secondary N) is 1. The van der Waals surface area contributed by atoms with Gasteiger partial charge in [-0.25, -0.2) is 4.90 Å². The van der Waals surface area contributed by atoms with Crippen molar-refractivity contribution in [2.45, 2.75) is 37.8 Å². The predicted octanol–water partition coefficient (Wildman–Crippen LogP) is 3.30. The van der Waals surface area contributed by atoms with Gasteiger partial charge >= 0.3 is 5.97 Å². The first-order chi connectivity index (χ1) is 14.0. The van der Waals surface area contributed by atoms with Gasteiger partial charge in [0.05, 0.1) is 30.7 Å². The summed E-state index contributed by atoms with van der Waals surface area (Å²) in [5.74, 6) is -2.51. The number of para-hydroxylation sites is 1. The van der Waals surface area contributed by atoms with Gasteiger partial charge in [-0.1, -0.05) is 44.0 Å². The topological polar surface area (TPSA) is 75.7 Å². The maximum atomic E-state index is 13.6. The van der Waals surface area contributed by atoms with Crippen molar-refractivity contribution in [3.8, 4) is 0 Å². The number of carbonyl (C=O) groups excluding carboxylic acids is 3. The van der Waals surface area contributed by atoms with E-state index in [0.717, 1.165) is 17.7 Å². The van der Waals surface area contributed by atoms with Crippen LogP contribution in [-0.2, 0) is 19.1 Å². The van der Waals surface area contributed by atoms with E-state index in [4.69, 9.17) is 4.74 Å². The van der Waals surface area contributed by atoms with Crippen LogP contribution in [0.1, 0.15) is 37.1 Å². The maximum absolute atomic E-state index is 13.6. The van der Waals surface area contributed by atoms with Gasteiger partial charge in [-0.2, -0.15) is 0 Å². The van der Waals surface area contributed by atoms with Gasteiger partial charge in [0.1, 0.15) is 5.54 Å². The van der Waals surface area contributed by atoms with Crippen molar-refractivity contribution in [2.75, 3.05) is 12.0 Å². The summed E-state index contributed by atoms with van der Waals surface area (Å²) < 4.78 is 5.15. The Labute approximate surface area is 173 Å². The highest BCUT2D eigenvalue weighted by atomic mass is 32.1. The molecule has 152 valence electrons. The van der Waals surface area contributed by atoms with Gasteiger partial charge in [0.2, 0.25) is 11.8 Å². The van der Waals surface area contributed by atoms with E-state index in [1.54, 1.807) is 24.3 Å².